The molecule has 1 aliphatic rings. The molecule has 2 aromatic rings. The fourth-order valence-electron chi connectivity index (χ4n) is 3.21. The molecule has 0 spiro atoms. The summed E-state index contributed by atoms with van der Waals surface area (Å²) in [5.74, 6) is -0.511. The summed E-state index contributed by atoms with van der Waals surface area (Å²) >= 11 is 1.18. The summed E-state index contributed by atoms with van der Waals surface area (Å²) in [4.78, 5) is 24.6. The van der Waals surface area contributed by atoms with Gasteiger partial charge in [0.25, 0.3) is 0 Å². The summed E-state index contributed by atoms with van der Waals surface area (Å²) in [6, 6.07) is 17.5. The topological polar surface area (TPSA) is 82.0 Å². The molecule has 0 saturated carbocycles. The number of carbonyl (C=O) groups is 2. The molecule has 28 heavy (non-hydrogen) atoms. The van der Waals surface area contributed by atoms with E-state index >= 15 is 0 Å². The predicted octanol–water partition coefficient (Wildman–Crippen LogP) is 4.01. The zero-order chi connectivity index (χ0) is 20.1. The molecule has 1 heterocycles. The lowest BCUT2D eigenvalue weighted by molar-refractivity contribution is -0.121. The first kappa shape index (κ1) is 19.7. The fourth-order valence-corrected chi connectivity index (χ4v) is 4.09. The van der Waals surface area contributed by atoms with E-state index in [4.69, 9.17) is 0 Å². The first-order valence-electron chi connectivity index (χ1n) is 8.97. The molecule has 5 nitrogen and oxygen atoms in total. The van der Waals surface area contributed by atoms with Crippen LogP contribution in [-0.4, -0.2) is 17.6 Å². The van der Waals surface area contributed by atoms with Gasteiger partial charge < -0.3 is 10.6 Å². The highest BCUT2D eigenvalue weighted by Crippen LogP contribution is 2.37. The Hall–Kier alpha value is -3.04. The number of nitrogens with one attached hydrogen (secondary N) is 2. The number of anilines is 1. The normalized spacial score (nSPS) is 16.3. The molecule has 1 aliphatic heterocycles. The zero-order valence-electron chi connectivity index (χ0n) is 15.8. The number of aryl methyl sites for hydroxylation is 2. The second kappa shape index (κ2) is 8.77. The van der Waals surface area contributed by atoms with Gasteiger partial charge in [0.05, 0.1) is 22.4 Å². The van der Waals surface area contributed by atoms with Crippen molar-refractivity contribution in [1.82, 2.24) is 5.32 Å². The number of rotatable bonds is 5. The fraction of sp³-hybridized carbons (Fsp3) is 0.227. The number of hydrogen-bond donors (Lipinski definition) is 2. The molecular weight excluding hydrogens is 370 g/mol. The number of para-hydroxylation sites is 1. The standard InChI is InChI=1S/C22H21N3O2S/c1-14-7-3-5-9-16(14)17-11-20(26)25-22(18(17)12-23)28-13-21(27)24-19-10-6-4-8-15(19)2/h3-10,17H,11,13H2,1-2H3,(H,24,27)(H,25,26)/t17-/m0/s1. The lowest BCUT2D eigenvalue weighted by Crippen LogP contribution is -2.31. The first-order chi connectivity index (χ1) is 13.5. The van der Waals surface area contributed by atoms with E-state index in [2.05, 4.69) is 16.7 Å². The van der Waals surface area contributed by atoms with Crippen molar-refractivity contribution in [2.75, 3.05) is 11.1 Å². The van der Waals surface area contributed by atoms with Gasteiger partial charge in [0.1, 0.15) is 0 Å². The molecular formula is C22H21N3O2S. The van der Waals surface area contributed by atoms with Crippen LogP contribution in [0.1, 0.15) is 29.0 Å². The number of nitrogens with zero attached hydrogens (tertiary/aromatic N) is 1. The maximum Gasteiger partial charge on any atom is 0.234 e. The summed E-state index contributed by atoms with van der Waals surface area (Å²) < 4.78 is 0. The number of thioether (sulfide) groups is 1. The summed E-state index contributed by atoms with van der Waals surface area (Å²) in [5, 5.41) is 15.8. The summed E-state index contributed by atoms with van der Waals surface area (Å²) in [6.07, 6.45) is 0.229. The van der Waals surface area contributed by atoms with E-state index in [9.17, 15) is 14.9 Å². The molecule has 6 heteroatoms. The number of carbonyl (C=O) groups excluding carboxylic acids is 2. The van der Waals surface area contributed by atoms with Crippen LogP contribution in [0.2, 0.25) is 0 Å². The molecule has 2 aromatic carbocycles. The van der Waals surface area contributed by atoms with Crippen LogP contribution >= 0.6 is 11.8 Å². The van der Waals surface area contributed by atoms with Crippen molar-refractivity contribution in [1.29, 1.82) is 5.26 Å². The molecule has 2 amide bonds. The van der Waals surface area contributed by atoms with Crippen LogP contribution in [0, 0.1) is 25.2 Å². The van der Waals surface area contributed by atoms with Crippen molar-refractivity contribution < 1.29 is 9.59 Å². The number of amides is 2. The van der Waals surface area contributed by atoms with Gasteiger partial charge in [-0.15, -0.1) is 0 Å². The molecule has 0 aliphatic carbocycles. The Bertz CT molecular complexity index is 991. The van der Waals surface area contributed by atoms with Gasteiger partial charge in [0.15, 0.2) is 0 Å². The quantitative estimate of drug-likeness (QED) is 0.807. The molecule has 3 rings (SSSR count). The minimum Gasteiger partial charge on any atom is -0.325 e. The number of benzene rings is 2. The van der Waals surface area contributed by atoms with Crippen LogP contribution in [0.5, 0.6) is 0 Å². The molecule has 0 bridgehead atoms. The van der Waals surface area contributed by atoms with Crippen LogP contribution in [0.25, 0.3) is 0 Å². The van der Waals surface area contributed by atoms with Crippen molar-refractivity contribution >= 4 is 29.3 Å². The van der Waals surface area contributed by atoms with Gasteiger partial charge in [-0.05, 0) is 36.6 Å². The van der Waals surface area contributed by atoms with Crippen molar-refractivity contribution in [2.24, 2.45) is 0 Å². The SMILES string of the molecule is Cc1ccccc1NC(=O)CSC1=C(C#N)[C@H](c2ccccc2C)CC(=O)N1. The van der Waals surface area contributed by atoms with Crippen LogP contribution in [0.4, 0.5) is 5.69 Å². The maximum atomic E-state index is 12.3. The third-order valence-corrected chi connectivity index (χ3v) is 5.70. The van der Waals surface area contributed by atoms with Gasteiger partial charge in [-0.3, -0.25) is 9.59 Å². The van der Waals surface area contributed by atoms with Gasteiger partial charge in [-0.1, -0.05) is 54.2 Å². The lowest BCUT2D eigenvalue weighted by atomic mass is 9.85. The molecule has 1 atom stereocenters. The minimum absolute atomic E-state index is 0.107. The molecule has 2 N–H and O–H groups in total. The summed E-state index contributed by atoms with van der Waals surface area (Å²) in [5.41, 5.74) is 4.24. The molecule has 0 aromatic heterocycles. The average molecular weight is 391 g/mol. The van der Waals surface area contributed by atoms with E-state index in [1.165, 1.54) is 11.8 Å². The Morgan fingerprint density at radius 1 is 1.18 bits per heavy atom. The largest absolute Gasteiger partial charge is 0.325 e. The van der Waals surface area contributed by atoms with Gasteiger partial charge in [0, 0.05) is 18.0 Å². The van der Waals surface area contributed by atoms with Crippen molar-refractivity contribution in [3.05, 3.63) is 75.8 Å². The highest BCUT2D eigenvalue weighted by Gasteiger charge is 2.30. The third kappa shape index (κ3) is 4.44. The van der Waals surface area contributed by atoms with Gasteiger partial charge >= 0.3 is 0 Å². The third-order valence-electron chi connectivity index (χ3n) is 4.69. The van der Waals surface area contributed by atoms with Crippen LogP contribution < -0.4 is 10.6 Å². The van der Waals surface area contributed by atoms with Crippen molar-refractivity contribution in [3.63, 3.8) is 0 Å². The van der Waals surface area contributed by atoms with Crippen LogP contribution in [-0.2, 0) is 9.59 Å². The lowest BCUT2D eigenvalue weighted by Gasteiger charge is -2.26. The van der Waals surface area contributed by atoms with Crippen LogP contribution in [0.15, 0.2) is 59.1 Å². The monoisotopic (exact) mass is 391 g/mol. The average Bonchev–Trinajstić information content (AvgIpc) is 2.68. The molecule has 142 valence electrons. The second-order valence-corrected chi connectivity index (χ2v) is 7.65. The van der Waals surface area contributed by atoms with E-state index in [-0.39, 0.29) is 29.9 Å². The second-order valence-electron chi connectivity index (χ2n) is 6.67. The summed E-state index contributed by atoms with van der Waals surface area (Å²) in [6.45, 7) is 3.90. The smallest absolute Gasteiger partial charge is 0.234 e. The minimum atomic E-state index is -0.290. The van der Waals surface area contributed by atoms with Crippen LogP contribution in [0.3, 0.4) is 0 Å². The first-order valence-corrected chi connectivity index (χ1v) is 9.96. The van der Waals surface area contributed by atoms with Gasteiger partial charge in [-0.2, -0.15) is 5.26 Å². The molecule has 0 radical (unpaired) electrons. The van der Waals surface area contributed by atoms with E-state index in [1.807, 2.05) is 62.4 Å². The number of nitriles is 1. The molecule has 0 unspecified atom stereocenters. The Morgan fingerprint density at radius 3 is 2.54 bits per heavy atom. The van der Waals surface area contributed by atoms with Crippen molar-refractivity contribution in [3.8, 4) is 6.07 Å². The zero-order valence-corrected chi connectivity index (χ0v) is 16.6. The highest BCUT2D eigenvalue weighted by atomic mass is 32.2. The van der Waals surface area contributed by atoms with Gasteiger partial charge in [-0.25, -0.2) is 0 Å². The Balaban J connectivity index is 1.78. The van der Waals surface area contributed by atoms with E-state index in [0.717, 1.165) is 22.4 Å². The number of allylic oxidation sites excluding steroid dienone is 1. The molecule has 0 saturated heterocycles. The Morgan fingerprint density at radius 2 is 1.86 bits per heavy atom. The summed E-state index contributed by atoms with van der Waals surface area (Å²) in [7, 11) is 0. The predicted molar refractivity (Wildman–Crippen MR) is 112 cm³/mol. The Labute approximate surface area is 168 Å². The maximum absolute atomic E-state index is 12.3. The Kier molecular flexibility index (Phi) is 6.17. The van der Waals surface area contributed by atoms with Gasteiger partial charge in [0.2, 0.25) is 11.8 Å². The van der Waals surface area contributed by atoms with Crippen molar-refractivity contribution in [2.45, 2.75) is 26.2 Å². The molecule has 0 fully saturated rings. The highest BCUT2D eigenvalue weighted by molar-refractivity contribution is 8.03. The van der Waals surface area contributed by atoms with E-state index in [0.29, 0.717) is 10.6 Å². The van der Waals surface area contributed by atoms with E-state index in [1.54, 1.807) is 0 Å². The van der Waals surface area contributed by atoms with E-state index < -0.39 is 0 Å². The number of hydrogen-bond acceptors (Lipinski definition) is 4.